The van der Waals surface area contributed by atoms with Crippen LogP contribution in [0.4, 0.5) is 25.4 Å². The standard InChI is InChI=1S/C15H22N4O2.C14H20N4O2.CH3F/c1-12(20)17(2)13-8-16-19(9-13)14(21)18-10-15(11-18)6-4-3-5-7-15;1-11(19)16-12-7-15-18(8-12)13(20)17-9-14(10-17)5-3-2-4-6-14;1-2/h8-9H,3-7,10-11H2,1-2H3;7-8H,2-6,9-10H2,1H3,(H,16,19);1H3/i;;1D. The fraction of sp³-hybridized carbons (Fsp3) is 0.667. The number of amides is 4. The molecule has 2 saturated carbocycles. The van der Waals surface area contributed by atoms with Gasteiger partial charge in [0.1, 0.15) is 0 Å². The van der Waals surface area contributed by atoms with Crippen LogP contribution in [-0.2, 0) is 9.59 Å². The molecule has 2 aromatic heterocycles. The lowest BCUT2D eigenvalue weighted by Crippen LogP contribution is -2.60. The number of rotatable bonds is 2. The van der Waals surface area contributed by atoms with Crippen LogP contribution in [0, 0.1) is 10.8 Å². The zero-order valence-electron chi connectivity index (χ0n) is 26.6. The predicted molar refractivity (Wildman–Crippen MR) is 161 cm³/mol. The number of carbonyl (C=O) groups is 4. The van der Waals surface area contributed by atoms with Gasteiger partial charge in [0.15, 0.2) is 0 Å². The van der Waals surface area contributed by atoms with Gasteiger partial charge in [-0.2, -0.15) is 19.6 Å². The van der Waals surface area contributed by atoms with Gasteiger partial charge in [0, 0.05) is 57.9 Å². The number of nitrogens with one attached hydrogen (secondary N) is 1. The van der Waals surface area contributed by atoms with Crippen molar-refractivity contribution >= 4 is 35.3 Å². The number of aromatic nitrogens is 4. The second kappa shape index (κ2) is 13.7. The van der Waals surface area contributed by atoms with Gasteiger partial charge >= 0.3 is 12.1 Å². The lowest BCUT2D eigenvalue weighted by molar-refractivity contribution is -0.116. The molecule has 2 saturated heterocycles. The third-order valence-electron chi connectivity index (χ3n) is 9.20. The summed E-state index contributed by atoms with van der Waals surface area (Å²) >= 11 is 0. The molecule has 0 atom stereocenters. The summed E-state index contributed by atoms with van der Waals surface area (Å²) in [5.41, 5.74) is 1.95. The highest BCUT2D eigenvalue weighted by Crippen LogP contribution is 2.44. The van der Waals surface area contributed by atoms with Gasteiger partial charge in [0.05, 0.1) is 44.7 Å². The van der Waals surface area contributed by atoms with Gasteiger partial charge in [0.2, 0.25) is 11.8 Å². The molecule has 4 fully saturated rings. The van der Waals surface area contributed by atoms with Crippen LogP contribution in [0.25, 0.3) is 0 Å². The van der Waals surface area contributed by atoms with Crippen molar-refractivity contribution in [2.75, 3.05) is 50.6 Å². The first-order valence-corrected chi connectivity index (χ1v) is 15.1. The van der Waals surface area contributed by atoms with Crippen LogP contribution in [-0.4, -0.2) is 93.6 Å². The van der Waals surface area contributed by atoms with Crippen molar-refractivity contribution in [3.05, 3.63) is 24.8 Å². The highest BCUT2D eigenvalue weighted by atomic mass is 19.1. The number of carbonyl (C=O) groups excluding carboxylic acids is 4. The van der Waals surface area contributed by atoms with Crippen molar-refractivity contribution in [2.24, 2.45) is 10.8 Å². The zero-order valence-corrected chi connectivity index (χ0v) is 25.6. The summed E-state index contributed by atoms with van der Waals surface area (Å²) in [7, 11) is 0.675. The minimum atomic E-state index is -1.00. The molecule has 4 amide bonds. The predicted octanol–water partition coefficient (Wildman–Crippen LogP) is 4.76. The van der Waals surface area contributed by atoms with Crippen molar-refractivity contribution in [3.63, 3.8) is 0 Å². The first-order valence-electron chi connectivity index (χ1n) is 15.8. The fourth-order valence-electron chi connectivity index (χ4n) is 6.79. The zero-order chi connectivity index (χ0) is 31.9. The van der Waals surface area contributed by atoms with Crippen molar-refractivity contribution in [2.45, 2.75) is 78.1 Å². The number of nitrogens with zero attached hydrogens (tertiary/aromatic N) is 7. The molecule has 1 N–H and O–H groups in total. The number of alkyl halides is 1. The van der Waals surface area contributed by atoms with Gasteiger partial charge in [-0.3, -0.25) is 14.0 Å². The number of likely N-dealkylation sites (tertiary alicyclic amines) is 2. The van der Waals surface area contributed by atoms with Crippen molar-refractivity contribution in [1.82, 2.24) is 29.4 Å². The summed E-state index contributed by atoms with van der Waals surface area (Å²) in [5.74, 6) is -0.241. The van der Waals surface area contributed by atoms with Crippen LogP contribution in [0.1, 0.15) is 79.4 Å². The molecule has 0 radical (unpaired) electrons. The van der Waals surface area contributed by atoms with E-state index in [1.807, 2.05) is 9.80 Å². The van der Waals surface area contributed by atoms with Crippen LogP contribution < -0.4 is 10.2 Å². The Morgan fingerprint density at radius 1 is 0.814 bits per heavy atom. The Labute approximate surface area is 253 Å². The van der Waals surface area contributed by atoms with Gasteiger partial charge in [-0.25, -0.2) is 9.59 Å². The van der Waals surface area contributed by atoms with E-state index in [4.69, 9.17) is 1.37 Å². The molecule has 0 bridgehead atoms. The normalized spacial score (nSPS) is 19.9. The van der Waals surface area contributed by atoms with E-state index in [1.165, 1.54) is 98.5 Å². The van der Waals surface area contributed by atoms with Crippen LogP contribution in [0.15, 0.2) is 24.8 Å². The minimum Gasteiger partial charge on any atom is -0.324 e. The Bertz CT molecular complexity index is 1300. The molecule has 4 heterocycles. The number of hydrogen-bond acceptors (Lipinski definition) is 6. The van der Waals surface area contributed by atoms with Crippen molar-refractivity contribution < 1.29 is 24.9 Å². The molecule has 2 aromatic rings. The molecule has 2 spiro atoms. The molecule has 0 unspecified atom stereocenters. The highest BCUT2D eigenvalue weighted by Gasteiger charge is 2.46. The molecule has 2 aliphatic carbocycles. The monoisotopic (exact) mass is 601 g/mol. The average Bonchev–Trinajstić information content (AvgIpc) is 3.65. The summed E-state index contributed by atoms with van der Waals surface area (Å²) in [6, 6.07) is -0.188. The maximum atomic E-state index is 12.4. The number of hydrogen-bond donors (Lipinski definition) is 1. The van der Waals surface area contributed by atoms with Crippen LogP contribution in [0.5, 0.6) is 0 Å². The van der Waals surface area contributed by atoms with E-state index in [0.717, 1.165) is 26.2 Å². The second-order valence-corrected chi connectivity index (χ2v) is 12.5. The summed E-state index contributed by atoms with van der Waals surface area (Å²) in [5, 5.41) is 10.7. The van der Waals surface area contributed by atoms with E-state index in [-0.39, 0.29) is 23.9 Å². The quantitative estimate of drug-likeness (QED) is 0.529. The summed E-state index contributed by atoms with van der Waals surface area (Å²) in [6.45, 7) is 6.32. The summed E-state index contributed by atoms with van der Waals surface area (Å²) in [4.78, 5) is 52.1. The molecule has 236 valence electrons. The molecule has 12 nitrogen and oxygen atoms in total. The molecule has 2 aliphatic heterocycles. The second-order valence-electron chi connectivity index (χ2n) is 12.5. The van der Waals surface area contributed by atoms with Gasteiger partial charge in [0.25, 0.3) is 0 Å². The van der Waals surface area contributed by atoms with E-state index >= 15 is 0 Å². The maximum absolute atomic E-state index is 12.4. The molecule has 13 heteroatoms. The molecular weight excluding hydrogens is 555 g/mol. The Morgan fingerprint density at radius 2 is 1.26 bits per heavy atom. The van der Waals surface area contributed by atoms with E-state index in [2.05, 4.69) is 15.5 Å². The fourth-order valence-corrected chi connectivity index (χ4v) is 6.79. The Balaban J connectivity index is 0.000000185. The SMILES string of the molecule is CC(=O)N(C)c1cnn(C(=O)N2CC3(CCCCC3)C2)c1.CC(=O)Nc1cnn(C(=O)N2CC3(CCCCC3)C2)c1.[2H]CF. The lowest BCUT2D eigenvalue weighted by atomic mass is 9.69. The first kappa shape index (κ1) is 30.7. The van der Waals surface area contributed by atoms with Crippen LogP contribution in [0.2, 0.25) is 0 Å². The van der Waals surface area contributed by atoms with E-state index in [9.17, 15) is 23.6 Å². The molecular formula is C30H45FN8O4. The first-order chi connectivity index (χ1) is 21.0. The summed E-state index contributed by atoms with van der Waals surface area (Å²) < 4.78 is 18.1. The van der Waals surface area contributed by atoms with E-state index < -0.39 is 7.15 Å². The molecule has 6 rings (SSSR count). The van der Waals surface area contributed by atoms with E-state index in [0.29, 0.717) is 22.2 Å². The largest absolute Gasteiger partial charge is 0.344 e. The van der Waals surface area contributed by atoms with Gasteiger partial charge in [-0.05, 0) is 25.7 Å². The van der Waals surface area contributed by atoms with E-state index in [1.54, 1.807) is 25.6 Å². The Hall–Kier alpha value is -3.77. The smallest absolute Gasteiger partial charge is 0.324 e. The molecule has 43 heavy (non-hydrogen) atoms. The van der Waals surface area contributed by atoms with Gasteiger partial charge in [-0.1, -0.05) is 38.5 Å². The third-order valence-corrected chi connectivity index (χ3v) is 9.20. The Kier molecular flexibility index (Phi) is 9.76. The average molecular weight is 602 g/mol. The van der Waals surface area contributed by atoms with Crippen molar-refractivity contribution in [1.29, 1.82) is 0 Å². The van der Waals surface area contributed by atoms with Gasteiger partial charge in [-0.15, -0.1) is 0 Å². The minimum absolute atomic E-state index is 0.0768. The van der Waals surface area contributed by atoms with Crippen LogP contribution in [0.3, 0.4) is 0 Å². The maximum Gasteiger partial charge on any atom is 0.344 e. The topological polar surface area (TPSA) is 126 Å². The Morgan fingerprint density at radius 3 is 1.70 bits per heavy atom. The molecule has 4 aliphatic rings. The third kappa shape index (κ3) is 7.42. The van der Waals surface area contributed by atoms with Crippen molar-refractivity contribution in [3.8, 4) is 0 Å². The summed E-state index contributed by atoms with van der Waals surface area (Å²) in [6.07, 6.45) is 19.0. The van der Waals surface area contributed by atoms with Crippen LogP contribution >= 0.6 is 0 Å². The number of halogens is 1. The number of anilines is 2. The van der Waals surface area contributed by atoms with Gasteiger partial charge < -0.3 is 20.0 Å². The lowest BCUT2D eigenvalue weighted by Gasteiger charge is -2.52. The highest BCUT2D eigenvalue weighted by molar-refractivity contribution is 5.91. The molecule has 0 aromatic carbocycles.